The van der Waals surface area contributed by atoms with E-state index in [1.807, 2.05) is 0 Å². The molecule has 0 aliphatic rings. The number of anilines is 1. The Bertz CT molecular complexity index is 1330. The van der Waals surface area contributed by atoms with E-state index in [-0.39, 0.29) is 27.1 Å². The molecular weight excluding hydrogens is 492 g/mol. The molecule has 35 heavy (non-hydrogen) atoms. The van der Waals surface area contributed by atoms with Crippen LogP contribution in [0, 0.1) is 11.7 Å². The number of hydroxylamine groups is 1. The van der Waals surface area contributed by atoms with Crippen LogP contribution in [0.1, 0.15) is 13.8 Å². The molecule has 0 atom stereocenters. The van der Waals surface area contributed by atoms with E-state index in [0.717, 1.165) is 12.1 Å². The number of nitrogen functional groups attached to an aromatic ring is 1. The van der Waals surface area contributed by atoms with Crippen LogP contribution in [0.3, 0.4) is 0 Å². The van der Waals surface area contributed by atoms with Gasteiger partial charge in [0.1, 0.15) is 5.82 Å². The Balaban J connectivity index is 2.06. The maximum Gasteiger partial charge on any atom is 0.492 e. The molecule has 0 saturated heterocycles. The Labute approximate surface area is 198 Å². The summed E-state index contributed by atoms with van der Waals surface area (Å²) in [4.78, 5) is 22.8. The minimum atomic E-state index is -5.41. The van der Waals surface area contributed by atoms with Gasteiger partial charge in [0.15, 0.2) is 0 Å². The second kappa shape index (κ2) is 9.96. The van der Waals surface area contributed by atoms with Crippen molar-refractivity contribution in [2.45, 2.75) is 24.9 Å². The largest absolute Gasteiger partial charge is 0.492 e. The van der Waals surface area contributed by atoms with Gasteiger partial charge in [-0.15, -0.1) is 0 Å². The standard InChI is InChI=1S/C22H20F4N4O4S/c1-13(2)12-30(34-20(31)22(24,25)26)35(32,33)19-6-4-3-5-17(19)14-7-8-16(18(23)9-14)15-10-28-21(27)29-11-15/h3-11,13H,12H2,1-2H3,(H2,27,28,29). The van der Waals surface area contributed by atoms with Crippen LogP contribution in [0.25, 0.3) is 22.3 Å². The van der Waals surface area contributed by atoms with Gasteiger partial charge in [-0.25, -0.2) is 27.6 Å². The average molecular weight is 512 g/mol. The number of hydrogen-bond acceptors (Lipinski definition) is 7. The van der Waals surface area contributed by atoms with Crippen LogP contribution in [0.5, 0.6) is 0 Å². The van der Waals surface area contributed by atoms with Crippen LogP contribution in [-0.2, 0) is 19.7 Å². The third-order valence-corrected chi connectivity index (χ3v) is 6.30. The highest BCUT2D eigenvalue weighted by Crippen LogP contribution is 2.33. The fourth-order valence-corrected chi connectivity index (χ4v) is 4.65. The van der Waals surface area contributed by atoms with Gasteiger partial charge in [-0.1, -0.05) is 44.2 Å². The van der Waals surface area contributed by atoms with Gasteiger partial charge in [0.25, 0.3) is 10.0 Å². The van der Waals surface area contributed by atoms with Gasteiger partial charge in [0, 0.05) is 29.1 Å². The number of hydrogen-bond donors (Lipinski definition) is 1. The predicted molar refractivity (Wildman–Crippen MR) is 118 cm³/mol. The molecule has 0 aliphatic heterocycles. The van der Waals surface area contributed by atoms with Crippen molar-refractivity contribution in [1.29, 1.82) is 0 Å². The molecule has 2 aromatic carbocycles. The molecule has 8 nitrogen and oxygen atoms in total. The zero-order chi connectivity index (χ0) is 26.0. The van der Waals surface area contributed by atoms with E-state index in [1.54, 1.807) is 0 Å². The molecule has 0 amide bonds. The number of carbonyl (C=O) groups is 1. The molecule has 0 unspecified atom stereocenters. The van der Waals surface area contributed by atoms with E-state index in [0.29, 0.717) is 5.56 Å². The first kappa shape index (κ1) is 26.0. The second-order valence-electron chi connectivity index (χ2n) is 7.78. The maximum atomic E-state index is 14.9. The number of aromatic nitrogens is 2. The van der Waals surface area contributed by atoms with Crippen molar-refractivity contribution in [2.24, 2.45) is 5.92 Å². The van der Waals surface area contributed by atoms with E-state index in [1.165, 1.54) is 56.6 Å². The number of sulfonamides is 1. The van der Waals surface area contributed by atoms with Gasteiger partial charge in [0.2, 0.25) is 5.95 Å². The van der Waals surface area contributed by atoms with Crippen molar-refractivity contribution >= 4 is 21.9 Å². The van der Waals surface area contributed by atoms with Gasteiger partial charge in [-0.3, -0.25) is 0 Å². The van der Waals surface area contributed by atoms with E-state index >= 15 is 0 Å². The third kappa shape index (κ3) is 5.92. The Morgan fingerprint density at radius 2 is 1.69 bits per heavy atom. The smallest absolute Gasteiger partial charge is 0.368 e. The van der Waals surface area contributed by atoms with E-state index in [9.17, 15) is 30.8 Å². The molecule has 0 saturated carbocycles. The number of benzene rings is 2. The van der Waals surface area contributed by atoms with Gasteiger partial charge in [-0.2, -0.15) is 13.2 Å². The van der Waals surface area contributed by atoms with Crippen molar-refractivity contribution in [3.05, 3.63) is 60.7 Å². The Kier molecular flexibility index (Phi) is 7.41. The highest BCUT2D eigenvalue weighted by Gasteiger charge is 2.45. The lowest BCUT2D eigenvalue weighted by Crippen LogP contribution is -2.40. The number of rotatable bonds is 7. The number of carbonyl (C=O) groups excluding carboxylic acids is 1. The molecule has 13 heteroatoms. The average Bonchev–Trinajstić information content (AvgIpc) is 2.78. The Hall–Kier alpha value is -3.58. The van der Waals surface area contributed by atoms with Crippen LogP contribution < -0.4 is 5.73 Å². The van der Waals surface area contributed by atoms with Gasteiger partial charge in [0.05, 0.1) is 11.4 Å². The first-order chi connectivity index (χ1) is 16.3. The first-order valence-corrected chi connectivity index (χ1v) is 11.5. The van der Waals surface area contributed by atoms with Crippen LogP contribution in [0.15, 0.2) is 59.8 Å². The van der Waals surface area contributed by atoms with Crippen LogP contribution >= 0.6 is 0 Å². The summed E-state index contributed by atoms with van der Waals surface area (Å²) in [7, 11) is -4.78. The Morgan fingerprint density at radius 3 is 2.26 bits per heavy atom. The van der Waals surface area contributed by atoms with Crippen molar-refractivity contribution in [2.75, 3.05) is 12.3 Å². The van der Waals surface area contributed by atoms with E-state index in [2.05, 4.69) is 14.8 Å². The lowest BCUT2D eigenvalue weighted by atomic mass is 10.0. The number of halogens is 4. The van der Waals surface area contributed by atoms with Crippen LogP contribution in [0.2, 0.25) is 0 Å². The zero-order valence-corrected chi connectivity index (χ0v) is 19.3. The third-order valence-electron chi connectivity index (χ3n) is 4.63. The van der Waals surface area contributed by atoms with Crippen LogP contribution in [-0.4, -0.2) is 41.5 Å². The minimum absolute atomic E-state index is 0.00193. The lowest BCUT2D eigenvalue weighted by molar-refractivity contribution is -0.223. The van der Waals surface area contributed by atoms with Gasteiger partial charge in [-0.05, 0) is 28.1 Å². The molecular formula is C22H20F4N4O4S. The first-order valence-electron chi connectivity index (χ1n) is 10.1. The fourth-order valence-electron chi connectivity index (χ4n) is 3.06. The SMILES string of the molecule is CC(C)CN(OC(=O)C(F)(F)F)S(=O)(=O)c1ccccc1-c1ccc(-c2cnc(N)nc2)c(F)c1. The van der Waals surface area contributed by atoms with Crippen molar-refractivity contribution in [3.8, 4) is 22.3 Å². The predicted octanol–water partition coefficient (Wildman–Crippen LogP) is 4.20. The summed E-state index contributed by atoms with van der Waals surface area (Å²) in [6, 6.07) is 9.16. The van der Waals surface area contributed by atoms with Gasteiger partial charge >= 0.3 is 12.1 Å². The van der Waals surface area contributed by atoms with Crippen molar-refractivity contribution < 1.29 is 35.6 Å². The topological polar surface area (TPSA) is 115 Å². The van der Waals surface area contributed by atoms with Gasteiger partial charge < -0.3 is 10.6 Å². The molecule has 0 radical (unpaired) electrons. The fraction of sp³-hybridized carbons (Fsp3) is 0.227. The summed E-state index contributed by atoms with van der Waals surface area (Å²) in [6.07, 6.45) is -2.77. The molecule has 3 rings (SSSR count). The second-order valence-corrected chi connectivity index (χ2v) is 9.58. The van der Waals surface area contributed by atoms with Crippen molar-refractivity contribution in [1.82, 2.24) is 14.4 Å². The highest BCUT2D eigenvalue weighted by molar-refractivity contribution is 7.89. The quantitative estimate of drug-likeness (QED) is 0.373. The molecule has 186 valence electrons. The summed E-state index contributed by atoms with van der Waals surface area (Å²) < 4.78 is 79.8. The highest BCUT2D eigenvalue weighted by atomic mass is 32.2. The summed E-state index contributed by atoms with van der Waals surface area (Å²) >= 11 is 0. The normalized spacial score (nSPS) is 12.2. The molecule has 1 aromatic heterocycles. The number of nitrogens with two attached hydrogens (primary N) is 1. The molecule has 0 bridgehead atoms. The molecule has 0 aliphatic carbocycles. The molecule has 0 fully saturated rings. The maximum absolute atomic E-state index is 14.9. The summed E-state index contributed by atoms with van der Waals surface area (Å²) in [5, 5.41) is 0. The minimum Gasteiger partial charge on any atom is -0.368 e. The number of nitrogens with zero attached hydrogens (tertiary/aromatic N) is 3. The van der Waals surface area contributed by atoms with E-state index < -0.39 is 45.3 Å². The molecule has 1 heterocycles. The molecule has 3 aromatic rings. The number of alkyl halides is 3. The summed E-state index contributed by atoms with van der Waals surface area (Å²) in [5.74, 6) is -3.90. The van der Waals surface area contributed by atoms with E-state index in [4.69, 9.17) is 5.73 Å². The monoisotopic (exact) mass is 512 g/mol. The van der Waals surface area contributed by atoms with Crippen molar-refractivity contribution in [3.63, 3.8) is 0 Å². The summed E-state index contributed by atoms with van der Waals surface area (Å²) in [6.45, 7) is 2.53. The molecule has 0 spiro atoms. The lowest BCUT2D eigenvalue weighted by Gasteiger charge is -2.24. The Morgan fingerprint density at radius 1 is 1.06 bits per heavy atom. The molecule has 2 N–H and O–H groups in total. The summed E-state index contributed by atoms with van der Waals surface area (Å²) in [5.41, 5.74) is 5.99. The van der Waals surface area contributed by atoms with Crippen LogP contribution in [0.4, 0.5) is 23.5 Å². The zero-order valence-electron chi connectivity index (χ0n) is 18.5.